The van der Waals surface area contributed by atoms with Gasteiger partial charge in [-0.3, -0.25) is 0 Å². The summed E-state index contributed by atoms with van der Waals surface area (Å²) >= 11 is 3.45. The van der Waals surface area contributed by atoms with Gasteiger partial charge in [-0.25, -0.2) is 4.98 Å². The molecule has 5 heteroatoms. The molecule has 1 heterocycles. The third-order valence-corrected chi connectivity index (χ3v) is 4.83. The SMILES string of the molecule is N#Cc1c(O)cc(-c2cccc(Br)c2)nc1-c1ccc(Oc2ccccc2)cc1. The summed E-state index contributed by atoms with van der Waals surface area (Å²) in [6.07, 6.45) is 0. The number of benzene rings is 3. The predicted molar refractivity (Wildman–Crippen MR) is 116 cm³/mol. The number of nitriles is 1. The molecule has 0 unspecified atom stereocenters. The van der Waals surface area contributed by atoms with Gasteiger partial charge in [0.25, 0.3) is 0 Å². The highest BCUT2D eigenvalue weighted by atomic mass is 79.9. The van der Waals surface area contributed by atoms with Crippen molar-refractivity contribution in [1.29, 1.82) is 5.26 Å². The molecule has 0 fully saturated rings. The summed E-state index contributed by atoms with van der Waals surface area (Å²) in [4.78, 5) is 4.66. The molecule has 0 spiro atoms. The van der Waals surface area contributed by atoms with Gasteiger partial charge in [-0.2, -0.15) is 5.26 Å². The van der Waals surface area contributed by atoms with Gasteiger partial charge in [0.1, 0.15) is 28.9 Å². The van der Waals surface area contributed by atoms with Crippen LogP contribution < -0.4 is 4.74 Å². The second kappa shape index (κ2) is 8.17. The fraction of sp³-hybridized carbons (Fsp3) is 0. The summed E-state index contributed by atoms with van der Waals surface area (Å²) in [5, 5.41) is 19.9. The van der Waals surface area contributed by atoms with Crippen molar-refractivity contribution in [3.8, 4) is 45.8 Å². The van der Waals surface area contributed by atoms with Crippen molar-refractivity contribution in [2.45, 2.75) is 0 Å². The van der Waals surface area contributed by atoms with E-state index < -0.39 is 0 Å². The predicted octanol–water partition coefficient (Wildman–Crippen LogP) is 6.55. The third-order valence-electron chi connectivity index (χ3n) is 4.34. The lowest BCUT2D eigenvalue weighted by molar-refractivity contribution is 0.473. The zero-order valence-corrected chi connectivity index (χ0v) is 16.8. The van der Waals surface area contributed by atoms with Crippen LogP contribution in [0.1, 0.15) is 5.56 Å². The molecular weight excluding hydrogens is 428 g/mol. The molecule has 3 aromatic carbocycles. The second-order valence-corrected chi connectivity index (χ2v) is 7.23. The molecule has 0 aliphatic carbocycles. The maximum absolute atomic E-state index is 10.4. The van der Waals surface area contributed by atoms with E-state index in [0.717, 1.165) is 15.8 Å². The smallest absolute Gasteiger partial charge is 0.137 e. The second-order valence-electron chi connectivity index (χ2n) is 6.31. The van der Waals surface area contributed by atoms with E-state index in [1.54, 1.807) is 0 Å². The highest BCUT2D eigenvalue weighted by Gasteiger charge is 2.15. The molecule has 4 nitrogen and oxygen atoms in total. The Labute approximate surface area is 176 Å². The van der Waals surface area contributed by atoms with E-state index in [1.165, 1.54) is 6.07 Å². The summed E-state index contributed by atoms with van der Waals surface area (Å²) in [7, 11) is 0. The van der Waals surface area contributed by atoms with Gasteiger partial charge in [0.05, 0.1) is 11.4 Å². The Hall–Kier alpha value is -3.62. The monoisotopic (exact) mass is 442 g/mol. The molecule has 140 valence electrons. The Bertz CT molecular complexity index is 1200. The number of hydrogen-bond acceptors (Lipinski definition) is 4. The Kier molecular flexibility index (Phi) is 5.28. The van der Waals surface area contributed by atoms with Crippen molar-refractivity contribution in [1.82, 2.24) is 4.98 Å². The molecule has 0 saturated heterocycles. The van der Waals surface area contributed by atoms with Crippen LogP contribution in [0.4, 0.5) is 0 Å². The van der Waals surface area contributed by atoms with Gasteiger partial charge in [0, 0.05) is 21.7 Å². The van der Waals surface area contributed by atoms with Crippen molar-refractivity contribution < 1.29 is 9.84 Å². The van der Waals surface area contributed by atoms with Crippen molar-refractivity contribution in [2.24, 2.45) is 0 Å². The normalized spacial score (nSPS) is 10.3. The van der Waals surface area contributed by atoms with Gasteiger partial charge in [-0.15, -0.1) is 0 Å². The van der Waals surface area contributed by atoms with Gasteiger partial charge < -0.3 is 9.84 Å². The van der Waals surface area contributed by atoms with E-state index in [1.807, 2.05) is 78.9 Å². The highest BCUT2D eigenvalue weighted by Crippen LogP contribution is 2.34. The number of aromatic nitrogens is 1. The van der Waals surface area contributed by atoms with Crippen LogP contribution in [0, 0.1) is 11.3 Å². The lowest BCUT2D eigenvalue weighted by atomic mass is 10.0. The van der Waals surface area contributed by atoms with Crippen LogP contribution >= 0.6 is 15.9 Å². The summed E-state index contributed by atoms with van der Waals surface area (Å²) in [5.41, 5.74) is 2.70. The Morgan fingerprint density at radius 2 is 1.55 bits per heavy atom. The Morgan fingerprint density at radius 1 is 0.828 bits per heavy atom. The average molecular weight is 443 g/mol. The van der Waals surface area contributed by atoms with Gasteiger partial charge >= 0.3 is 0 Å². The first-order valence-electron chi connectivity index (χ1n) is 8.87. The fourth-order valence-corrected chi connectivity index (χ4v) is 3.35. The minimum absolute atomic E-state index is 0.0999. The first-order chi connectivity index (χ1) is 14.1. The number of pyridine rings is 1. The molecule has 0 radical (unpaired) electrons. The van der Waals surface area contributed by atoms with Crippen molar-refractivity contribution in [2.75, 3.05) is 0 Å². The molecule has 0 atom stereocenters. The summed E-state index contributed by atoms with van der Waals surface area (Å²) < 4.78 is 6.72. The minimum atomic E-state index is -0.0999. The molecule has 1 N–H and O–H groups in total. The number of rotatable bonds is 4. The largest absolute Gasteiger partial charge is 0.506 e. The lowest BCUT2D eigenvalue weighted by Gasteiger charge is -2.11. The Morgan fingerprint density at radius 3 is 2.24 bits per heavy atom. The van der Waals surface area contributed by atoms with Gasteiger partial charge in [0.15, 0.2) is 0 Å². The zero-order valence-electron chi connectivity index (χ0n) is 15.2. The van der Waals surface area contributed by atoms with Gasteiger partial charge in [-0.1, -0.05) is 46.3 Å². The number of halogens is 1. The number of nitrogens with zero attached hydrogens (tertiary/aromatic N) is 2. The summed E-state index contributed by atoms with van der Waals surface area (Å²) in [6, 6.07) is 28.0. The molecule has 4 aromatic rings. The molecule has 0 saturated carbocycles. The number of ether oxygens (including phenoxy) is 1. The van der Waals surface area contributed by atoms with E-state index >= 15 is 0 Å². The molecule has 0 aliphatic rings. The maximum Gasteiger partial charge on any atom is 0.137 e. The molecule has 1 aromatic heterocycles. The van der Waals surface area contributed by atoms with Crippen LogP contribution in [0.15, 0.2) is 89.4 Å². The minimum Gasteiger partial charge on any atom is -0.506 e. The van der Waals surface area contributed by atoms with Crippen molar-refractivity contribution >= 4 is 15.9 Å². The van der Waals surface area contributed by atoms with Crippen LogP contribution in [-0.4, -0.2) is 10.1 Å². The molecule has 0 bridgehead atoms. The first-order valence-corrected chi connectivity index (χ1v) is 9.67. The van der Waals surface area contributed by atoms with Gasteiger partial charge in [-0.05, 0) is 48.5 Å². The number of aromatic hydroxyl groups is 1. The fourth-order valence-electron chi connectivity index (χ4n) is 2.95. The van der Waals surface area contributed by atoms with Crippen molar-refractivity contribution in [3.05, 3.63) is 95.0 Å². The standard InChI is InChI=1S/C24H15BrN2O2/c25-18-6-4-5-17(13-18)22-14-23(28)21(15-26)24(27-22)16-9-11-20(12-10-16)29-19-7-2-1-3-8-19/h1-14H,(H,27,28). The topological polar surface area (TPSA) is 66.1 Å². The Balaban J connectivity index is 1.73. The summed E-state index contributed by atoms with van der Waals surface area (Å²) in [5.74, 6) is 1.31. The number of hydrogen-bond donors (Lipinski definition) is 1. The molecule has 0 aliphatic heterocycles. The van der Waals surface area contributed by atoms with Crippen LogP contribution in [0.2, 0.25) is 0 Å². The van der Waals surface area contributed by atoms with Gasteiger partial charge in [0.2, 0.25) is 0 Å². The van der Waals surface area contributed by atoms with Crippen LogP contribution in [0.5, 0.6) is 17.2 Å². The summed E-state index contributed by atoms with van der Waals surface area (Å²) in [6.45, 7) is 0. The van der Waals surface area contributed by atoms with E-state index in [-0.39, 0.29) is 11.3 Å². The number of para-hydroxylation sites is 1. The van der Waals surface area contributed by atoms with Crippen LogP contribution in [0.25, 0.3) is 22.5 Å². The third kappa shape index (κ3) is 4.13. The maximum atomic E-state index is 10.4. The van der Waals surface area contributed by atoms with E-state index in [9.17, 15) is 10.4 Å². The van der Waals surface area contributed by atoms with E-state index in [2.05, 4.69) is 27.0 Å². The molecule has 0 amide bonds. The molecular formula is C24H15BrN2O2. The lowest BCUT2D eigenvalue weighted by Crippen LogP contribution is -1.94. The zero-order chi connectivity index (χ0) is 20.2. The average Bonchev–Trinajstić information content (AvgIpc) is 2.74. The quantitative estimate of drug-likeness (QED) is 0.389. The molecule has 4 rings (SSSR count). The van der Waals surface area contributed by atoms with Crippen molar-refractivity contribution in [3.63, 3.8) is 0 Å². The van der Waals surface area contributed by atoms with E-state index in [4.69, 9.17) is 4.74 Å². The van der Waals surface area contributed by atoms with Crippen LogP contribution in [-0.2, 0) is 0 Å². The van der Waals surface area contributed by atoms with Crippen LogP contribution in [0.3, 0.4) is 0 Å². The first kappa shape index (κ1) is 18.7. The highest BCUT2D eigenvalue weighted by molar-refractivity contribution is 9.10. The molecule has 29 heavy (non-hydrogen) atoms. The van der Waals surface area contributed by atoms with E-state index in [0.29, 0.717) is 22.7 Å².